The fourth-order valence-electron chi connectivity index (χ4n) is 7.21. The van der Waals surface area contributed by atoms with E-state index in [9.17, 15) is 32.7 Å². The number of aromatic nitrogens is 6. The number of ether oxygens (including phenoxy) is 1. The van der Waals surface area contributed by atoms with Crippen LogP contribution in [0.5, 0.6) is 5.75 Å². The maximum atomic E-state index is 15.7. The zero-order valence-electron chi connectivity index (χ0n) is 30.2. The van der Waals surface area contributed by atoms with Crippen LogP contribution >= 0.6 is 23.2 Å². The SMILES string of the molecule is Cc1ncnc(C(=O)N2CCC3(CC2)OC(C)c2c3c(=O)n3nc(-c4cc(Cl)c(CN(C)C)cc4F)nc3n2CC(=O)Nc2ccc(C(F)(F)F)cc2Cl)c1O. The number of halogens is 6. The molecule has 5 heterocycles. The lowest BCUT2D eigenvalue weighted by molar-refractivity contribution is -0.137. The minimum absolute atomic E-state index is 0.0868. The van der Waals surface area contributed by atoms with E-state index in [1.165, 1.54) is 34.9 Å². The van der Waals surface area contributed by atoms with Crippen molar-refractivity contribution in [2.75, 3.05) is 32.5 Å². The summed E-state index contributed by atoms with van der Waals surface area (Å²) in [6.07, 6.45) is -4.08. The highest BCUT2D eigenvalue weighted by Gasteiger charge is 2.51. The number of hydrogen-bond acceptors (Lipinski definition) is 10. The summed E-state index contributed by atoms with van der Waals surface area (Å²) in [6.45, 7) is 3.17. The fourth-order valence-corrected chi connectivity index (χ4v) is 7.66. The Morgan fingerprint density at radius 2 is 1.82 bits per heavy atom. The number of likely N-dealkylation sites (tertiary alicyclic amines) is 1. The van der Waals surface area contributed by atoms with Crippen molar-refractivity contribution in [1.29, 1.82) is 0 Å². The van der Waals surface area contributed by atoms with Crippen LogP contribution in [0.4, 0.5) is 23.2 Å². The molecule has 2 aliphatic heterocycles. The Kier molecular flexibility index (Phi) is 10.0. The lowest BCUT2D eigenvalue weighted by Gasteiger charge is -2.39. The first-order valence-electron chi connectivity index (χ1n) is 17.2. The van der Waals surface area contributed by atoms with Gasteiger partial charge in [-0.25, -0.2) is 14.4 Å². The molecule has 1 spiro atoms. The Morgan fingerprint density at radius 1 is 1.11 bits per heavy atom. The standard InChI is InChI=1S/C36H33Cl2F4N9O5/c1-17-30(53)28(44-16-43-17)33(55)49-9-7-35(8-10-49)27-29(18(2)56-35)50(15-26(52)45-25-6-5-20(12-23(25)38)36(40,41)42)34-46-31(47-51(34)32(27)54)21-13-22(37)19(11-24(21)39)14-48(3)4/h5-6,11-13,16,18,53H,7-10,14-15H2,1-4H3,(H,45,52). The van der Waals surface area contributed by atoms with Crippen LogP contribution in [0.1, 0.15) is 64.4 Å². The van der Waals surface area contributed by atoms with E-state index in [1.54, 1.807) is 25.9 Å². The lowest BCUT2D eigenvalue weighted by atomic mass is 9.85. The molecule has 20 heteroatoms. The van der Waals surface area contributed by atoms with Crippen molar-refractivity contribution in [3.8, 4) is 17.1 Å². The number of nitrogens with zero attached hydrogens (tertiary/aromatic N) is 8. The van der Waals surface area contributed by atoms with Crippen molar-refractivity contribution in [3.05, 3.63) is 96.6 Å². The number of alkyl halides is 3. The van der Waals surface area contributed by atoms with Crippen LogP contribution in [0.3, 0.4) is 0 Å². The van der Waals surface area contributed by atoms with Gasteiger partial charge >= 0.3 is 6.18 Å². The van der Waals surface area contributed by atoms with Crippen molar-refractivity contribution >= 4 is 46.5 Å². The Hall–Kier alpha value is -5.17. The summed E-state index contributed by atoms with van der Waals surface area (Å²) in [5.74, 6) is -2.70. The summed E-state index contributed by atoms with van der Waals surface area (Å²) in [4.78, 5) is 57.2. The second-order valence-electron chi connectivity index (χ2n) is 13.9. The number of fused-ring (bicyclic) bond motifs is 3. The molecule has 294 valence electrons. The zero-order chi connectivity index (χ0) is 40.4. The highest BCUT2D eigenvalue weighted by atomic mass is 35.5. The molecule has 1 atom stereocenters. The first kappa shape index (κ1) is 39.1. The molecule has 1 saturated heterocycles. The normalized spacial score (nSPS) is 16.6. The maximum Gasteiger partial charge on any atom is 0.416 e. The van der Waals surface area contributed by atoms with E-state index < -0.39 is 53.2 Å². The predicted molar refractivity (Wildman–Crippen MR) is 195 cm³/mol. The monoisotopic (exact) mass is 817 g/mol. The Bertz CT molecular complexity index is 2480. The molecule has 0 radical (unpaired) electrons. The van der Waals surface area contributed by atoms with Crippen LogP contribution in [-0.2, 0) is 34.4 Å². The van der Waals surface area contributed by atoms with Gasteiger partial charge in [-0.1, -0.05) is 23.2 Å². The summed E-state index contributed by atoms with van der Waals surface area (Å²) >= 11 is 12.7. The minimum atomic E-state index is -4.66. The summed E-state index contributed by atoms with van der Waals surface area (Å²) in [7, 11) is 3.59. The molecule has 1 fully saturated rings. The number of carbonyl (C=O) groups is 2. The second kappa shape index (κ2) is 14.4. The number of rotatable bonds is 7. The van der Waals surface area contributed by atoms with Gasteiger partial charge in [-0.2, -0.15) is 22.7 Å². The van der Waals surface area contributed by atoms with Gasteiger partial charge in [0.2, 0.25) is 11.7 Å². The summed E-state index contributed by atoms with van der Waals surface area (Å²) in [6, 6.07) is 5.08. The number of carbonyl (C=O) groups excluding carboxylic acids is 2. The molecular formula is C36H33Cl2F4N9O5. The van der Waals surface area contributed by atoms with E-state index in [0.717, 1.165) is 16.6 Å². The number of aromatic hydroxyl groups is 1. The Morgan fingerprint density at radius 3 is 2.48 bits per heavy atom. The second-order valence-corrected chi connectivity index (χ2v) is 14.7. The van der Waals surface area contributed by atoms with E-state index >= 15 is 4.39 Å². The number of anilines is 1. The molecule has 2 amide bonds. The minimum Gasteiger partial charge on any atom is -0.504 e. The molecule has 2 aliphatic rings. The lowest BCUT2D eigenvalue weighted by Crippen LogP contribution is -2.47. The van der Waals surface area contributed by atoms with Gasteiger partial charge in [-0.3, -0.25) is 14.4 Å². The largest absolute Gasteiger partial charge is 0.504 e. The van der Waals surface area contributed by atoms with Crippen LogP contribution in [0.15, 0.2) is 41.5 Å². The van der Waals surface area contributed by atoms with Crippen LogP contribution in [-0.4, -0.2) is 83.0 Å². The third-order valence-corrected chi connectivity index (χ3v) is 10.5. The number of aryl methyl sites for hydroxylation is 1. The summed E-state index contributed by atoms with van der Waals surface area (Å²) in [5.41, 5.74) is -2.18. The van der Waals surface area contributed by atoms with E-state index in [0.29, 0.717) is 18.2 Å². The van der Waals surface area contributed by atoms with Gasteiger partial charge in [0.05, 0.1) is 44.9 Å². The fraction of sp³-hybridized carbons (Fsp3) is 0.361. The molecule has 14 nitrogen and oxygen atoms in total. The summed E-state index contributed by atoms with van der Waals surface area (Å²) in [5, 5.41) is 17.2. The molecule has 5 aromatic rings. The molecule has 56 heavy (non-hydrogen) atoms. The third kappa shape index (κ3) is 6.94. The van der Waals surface area contributed by atoms with Crippen molar-refractivity contribution in [2.24, 2.45) is 0 Å². The average Bonchev–Trinajstić information content (AvgIpc) is 3.69. The van der Waals surface area contributed by atoms with Gasteiger partial charge in [-0.15, -0.1) is 5.10 Å². The van der Waals surface area contributed by atoms with Gasteiger partial charge in [-0.05, 0) is 76.7 Å². The average molecular weight is 819 g/mol. The topological polar surface area (TPSA) is 160 Å². The first-order valence-corrected chi connectivity index (χ1v) is 18.0. The molecule has 0 saturated carbocycles. The summed E-state index contributed by atoms with van der Waals surface area (Å²) < 4.78 is 64.4. The van der Waals surface area contributed by atoms with Crippen molar-refractivity contribution in [3.63, 3.8) is 0 Å². The maximum absolute atomic E-state index is 15.7. The molecule has 0 bridgehead atoms. The number of benzene rings is 2. The van der Waals surface area contributed by atoms with E-state index in [2.05, 4.69) is 25.4 Å². The van der Waals surface area contributed by atoms with Gasteiger partial charge in [0.1, 0.15) is 24.3 Å². The molecule has 1 unspecified atom stereocenters. The molecular weight excluding hydrogens is 785 g/mol. The van der Waals surface area contributed by atoms with Crippen LogP contribution in [0, 0.1) is 12.7 Å². The molecule has 2 N–H and O–H groups in total. The highest BCUT2D eigenvalue weighted by molar-refractivity contribution is 6.33. The molecule has 2 aromatic carbocycles. The van der Waals surface area contributed by atoms with Crippen LogP contribution in [0.2, 0.25) is 10.0 Å². The number of hydrogen-bond donors (Lipinski definition) is 2. The number of nitrogens with one attached hydrogen (secondary N) is 1. The molecule has 3 aromatic heterocycles. The Balaban J connectivity index is 1.31. The van der Waals surface area contributed by atoms with Crippen molar-refractivity contribution < 1.29 is 37.0 Å². The smallest absolute Gasteiger partial charge is 0.416 e. The first-order chi connectivity index (χ1) is 26.4. The van der Waals surface area contributed by atoms with E-state index in [4.69, 9.17) is 27.9 Å². The van der Waals surface area contributed by atoms with E-state index in [1.807, 2.05) is 0 Å². The van der Waals surface area contributed by atoms with Gasteiger partial charge in [0, 0.05) is 24.7 Å². The van der Waals surface area contributed by atoms with Crippen LogP contribution < -0.4 is 10.9 Å². The quantitative estimate of drug-likeness (QED) is 0.194. The molecule has 0 aliphatic carbocycles. The van der Waals surface area contributed by atoms with Gasteiger partial charge < -0.3 is 29.5 Å². The van der Waals surface area contributed by atoms with Gasteiger partial charge in [0.15, 0.2) is 17.3 Å². The zero-order valence-corrected chi connectivity index (χ0v) is 31.7. The Labute approximate surface area is 325 Å². The highest BCUT2D eigenvalue weighted by Crippen LogP contribution is 2.48. The van der Waals surface area contributed by atoms with Gasteiger partial charge in [0.25, 0.3) is 11.5 Å². The van der Waals surface area contributed by atoms with Crippen molar-refractivity contribution in [2.45, 2.75) is 57.7 Å². The number of amides is 2. The third-order valence-electron chi connectivity index (χ3n) is 9.83. The number of piperidine rings is 1. The molecule has 7 rings (SSSR count). The predicted octanol–water partition coefficient (Wildman–Crippen LogP) is 5.75. The van der Waals surface area contributed by atoms with E-state index in [-0.39, 0.29) is 87.2 Å². The van der Waals surface area contributed by atoms with Crippen molar-refractivity contribution in [1.82, 2.24) is 38.9 Å². The van der Waals surface area contributed by atoms with Crippen LogP contribution in [0.25, 0.3) is 17.2 Å².